The van der Waals surface area contributed by atoms with Gasteiger partial charge in [-0.15, -0.1) is 0 Å². The lowest BCUT2D eigenvalue weighted by atomic mass is 9.96. The molecule has 2 heterocycles. The van der Waals surface area contributed by atoms with Crippen molar-refractivity contribution in [3.8, 4) is 11.8 Å². The van der Waals surface area contributed by atoms with E-state index in [0.29, 0.717) is 5.69 Å². The number of hydrogen-bond donors (Lipinski definition) is 3. The maximum atomic E-state index is 12.4. The fourth-order valence-electron chi connectivity index (χ4n) is 2.55. The van der Waals surface area contributed by atoms with E-state index in [1.54, 1.807) is 6.92 Å². The quantitative estimate of drug-likeness (QED) is 0.502. The summed E-state index contributed by atoms with van der Waals surface area (Å²) in [5, 5.41) is 20.1. The van der Waals surface area contributed by atoms with Gasteiger partial charge in [0.1, 0.15) is 24.7 Å². The second-order valence-corrected chi connectivity index (χ2v) is 5.94. The molecule has 126 valence electrons. The molecular formula is C14H17ClFN3O4. The number of nitrogen functional groups attached to an aromatic ring is 1. The number of nitrogens with two attached hydrogens (primary N) is 1. The van der Waals surface area contributed by atoms with Gasteiger partial charge in [0.15, 0.2) is 11.1 Å². The molecule has 1 aromatic heterocycles. The van der Waals surface area contributed by atoms with Crippen molar-refractivity contribution in [1.29, 1.82) is 0 Å². The summed E-state index contributed by atoms with van der Waals surface area (Å²) in [4.78, 5) is 13.9. The Labute approximate surface area is 136 Å². The monoisotopic (exact) mass is 345 g/mol. The Hall–Kier alpha value is -1.66. The van der Waals surface area contributed by atoms with Crippen molar-refractivity contribution in [3.63, 3.8) is 0 Å². The van der Waals surface area contributed by atoms with Crippen molar-refractivity contribution in [2.75, 3.05) is 12.4 Å². The van der Waals surface area contributed by atoms with Crippen molar-refractivity contribution < 1.29 is 19.3 Å². The first kappa shape index (κ1) is 17.7. The van der Waals surface area contributed by atoms with Gasteiger partial charge in [-0.1, -0.05) is 23.4 Å². The van der Waals surface area contributed by atoms with Crippen LogP contribution in [-0.2, 0) is 4.74 Å². The molecule has 0 saturated carbocycles. The van der Waals surface area contributed by atoms with Gasteiger partial charge in [-0.3, -0.25) is 4.57 Å². The maximum Gasteiger partial charge on any atom is 0.351 e. The van der Waals surface area contributed by atoms with Crippen LogP contribution in [0.2, 0.25) is 0 Å². The average molecular weight is 346 g/mol. The topological polar surface area (TPSA) is 111 Å². The normalized spacial score (nSPS) is 31.5. The highest BCUT2D eigenvalue weighted by molar-refractivity contribution is 6.27. The van der Waals surface area contributed by atoms with Crippen molar-refractivity contribution in [1.82, 2.24) is 9.55 Å². The fraction of sp³-hybridized carbons (Fsp3) is 0.571. The molecule has 0 amide bonds. The molecular weight excluding hydrogens is 329 g/mol. The van der Waals surface area contributed by atoms with Gasteiger partial charge in [0.2, 0.25) is 0 Å². The molecule has 1 aliphatic rings. The summed E-state index contributed by atoms with van der Waals surface area (Å²) in [5.74, 6) is 4.55. The lowest BCUT2D eigenvalue weighted by Gasteiger charge is -2.27. The van der Waals surface area contributed by atoms with E-state index in [9.17, 15) is 19.4 Å². The highest BCUT2D eigenvalue weighted by Gasteiger charge is 2.57. The largest absolute Gasteiger partial charge is 0.391 e. The molecule has 0 aromatic carbocycles. The molecule has 1 aliphatic heterocycles. The summed E-state index contributed by atoms with van der Waals surface area (Å²) >= 11 is 6.38. The van der Waals surface area contributed by atoms with E-state index < -0.39 is 41.8 Å². The van der Waals surface area contributed by atoms with E-state index in [4.69, 9.17) is 22.1 Å². The third-order valence-corrected chi connectivity index (χ3v) is 4.12. The Bertz CT molecular complexity index is 714. The minimum atomic E-state index is -1.82. The molecule has 0 radical (unpaired) electrons. The van der Waals surface area contributed by atoms with E-state index in [0.717, 1.165) is 4.57 Å². The summed E-state index contributed by atoms with van der Waals surface area (Å²) in [6.45, 7) is 1.99. The molecule has 2 rings (SSSR count). The zero-order valence-electron chi connectivity index (χ0n) is 12.5. The number of alkyl halides is 2. The molecule has 2 unspecified atom stereocenters. The molecule has 23 heavy (non-hydrogen) atoms. The van der Waals surface area contributed by atoms with Gasteiger partial charge in [0.25, 0.3) is 0 Å². The molecule has 7 nitrogen and oxygen atoms in total. The molecule has 4 N–H and O–H groups in total. The van der Waals surface area contributed by atoms with Crippen LogP contribution in [0.1, 0.15) is 18.8 Å². The van der Waals surface area contributed by atoms with Crippen LogP contribution in [0.3, 0.4) is 0 Å². The van der Waals surface area contributed by atoms with Crippen molar-refractivity contribution >= 4 is 17.4 Å². The number of aryl methyl sites for hydroxylation is 1. The van der Waals surface area contributed by atoms with Gasteiger partial charge >= 0.3 is 5.69 Å². The van der Waals surface area contributed by atoms with Gasteiger partial charge < -0.3 is 20.7 Å². The predicted octanol–water partition coefficient (Wildman–Crippen LogP) is -0.276. The summed E-state index contributed by atoms with van der Waals surface area (Å²) in [7, 11) is 0. The Morgan fingerprint density at radius 1 is 1.70 bits per heavy atom. The molecule has 0 bridgehead atoms. The minimum Gasteiger partial charge on any atom is -0.391 e. The molecule has 1 aromatic rings. The van der Waals surface area contributed by atoms with Crippen molar-refractivity contribution in [3.05, 3.63) is 22.2 Å². The lowest BCUT2D eigenvalue weighted by molar-refractivity contribution is -0.0777. The SMILES string of the molecule is Cc1cc(N)nc(=O)n1[C@@H]1OC([C@H](C)O)[C@H](O)C1(Cl)C#CCF. The molecule has 9 heteroatoms. The molecule has 1 fully saturated rings. The highest BCUT2D eigenvalue weighted by atomic mass is 35.5. The molecule has 5 atom stereocenters. The zero-order valence-corrected chi connectivity index (χ0v) is 13.3. The van der Waals surface area contributed by atoms with E-state index in [1.807, 2.05) is 0 Å². The highest BCUT2D eigenvalue weighted by Crippen LogP contribution is 2.44. The average Bonchev–Trinajstić information content (AvgIpc) is 2.70. The zero-order chi connectivity index (χ0) is 17.4. The summed E-state index contributed by atoms with van der Waals surface area (Å²) in [6, 6.07) is 1.42. The molecule has 0 spiro atoms. The Morgan fingerprint density at radius 3 is 2.87 bits per heavy atom. The number of rotatable bonds is 2. The second kappa shape index (κ2) is 6.45. The lowest BCUT2D eigenvalue weighted by Crippen LogP contribution is -2.45. The first-order valence-electron chi connectivity index (χ1n) is 6.84. The Balaban J connectivity index is 2.61. The van der Waals surface area contributed by atoms with Gasteiger partial charge in [0, 0.05) is 5.69 Å². The maximum absolute atomic E-state index is 12.4. The van der Waals surface area contributed by atoms with Gasteiger partial charge in [0.05, 0.1) is 6.10 Å². The third-order valence-electron chi connectivity index (χ3n) is 3.61. The van der Waals surface area contributed by atoms with E-state index in [-0.39, 0.29) is 5.82 Å². The van der Waals surface area contributed by atoms with Crippen molar-refractivity contribution in [2.45, 2.75) is 43.3 Å². The number of nitrogens with zero attached hydrogens (tertiary/aromatic N) is 2. The number of aliphatic hydroxyl groups is 2. The number of halogens is 2. The first-order chi connectivity index (χ1) is 10.7. The standard InChI is InChI=1S/C14H17ClFN3O4/c1-7-6-9(17)18-13(22)19(7)12-14(15,4-3-5-16)11(21)10(23-12)8(2)20/h6,8,10-12,20-21H,5H2,1-2H3,(H2,17,18,22)/t8-,10?,11-,12+,14?/m0/s1. The number of anilines is 1. The number of ether oxygens (including phenoxy) is 1. The summed E-state index contributed by atoms with van der Waals surface area (Å²) in [5.41, 5.74) is 5.13. The Kier molecular flexibility index (Phi) is 4.96. The van der Waals surface area contributed by atoms with Crippen LogP contribution in [0.15, 0.2) is 10.9 Å². The van der Waals surface area contributed by atoms with Crippen LogP contribution < -0.4 is 11.4 Å². The van der Waals surface area contributed by atoms with Crippen molar-refractivity contribution in [2.24, 2.45) is 0 Å². The van der Waals surface area contributed by atoms with Gasteiger partial charge in [-0.25, -0.2) is 9.18 Å². The van der Waals surface area contributed by atoms with Crippen LogP contribution in [0.4, 0.5) is 10.2 Å². The Morgan fingerprint density at radius 2 is 2.35 bits per heavy atom. The summed E-state index contributed by atoms with van der Waals surface area (Å²) in [6.07, 6.45) is -4.90. The predicted molar refractivity (Wildman–Crippen MR) is 81.6 cm³/mol. The first-order valence-corrected chi connectivity index (χ1v) is 7.22. The molecule has 0 aliphatic carbocycles. The number of hydrogen-bond acceptors (Lipinski definition) is 6. The number of aromatic nitrogens is 2. The number of aliphatic hydroxyl groups excluding tert-OH is 2. The van der Waals surface area contributed by atoms with Crippen LogP contribution in [0.25, 0.3) is 0 Å². The van der Waals surface area contributed by atoms with Gasteiger partial charge in [-0.05, 0) is 19.9 Å². The third kappa shape index (κ3) is 3.05. The van der Waals surface area contributed by atoms with Crippen LogP contribution in [0, 0.1) is 18.8 Å². The van der Waals surface area contributed by atoms with E-state index >= 15 is 0 Å². The summed E-state index contributed by atoms with van der Waals surface area (Å²) < 4.78 is 19.1. The fourth-order valence-corrected chi connectivity index (χ4v) is 2.89. The second-order valence-electron chi connectivity index (χ2n) is 5.32. The van der Waals surface area contributed by atoms with E-state index in [1.165, 1.54) is 13.0 Å². The molecule has 1 saturated heterocycles. The van der Waals surface area contributed by atoms with Crippen LogP contribution in [0.5, 0.6) is 0 Å². The minimum absolute atomic E-state index is 0.0180. The van der Waals surface area contributed by atoms with E-state index in [2.05, 4.69) is 16.8 Å². The van der Waals surface area contributed by atoms with Crippen LogP contribution >= 0.6 is 11.6 Å². The smallest absolute Gasteiger partial charge is 0.351 e. The van der Waals surface area contributed by atoms with Gasteiger partial charge in [-0.2, -0.15) is 4.98 Å². The van der Waals surface area contributed by atoms with Crippen LogP contribution in [-0.4, -0.2) is 49.6 Å².